The van der Waals surface area contributed by atoms with E-state index in [0.29, 0.717) is 29.2 Å². The Hall–Kier alpha value is -2.95. The second kappa shape index (κ2) is 8.24. The maximum atomic E-state index is 11.8. The van der Waals surface area contributed by atoms with Crippen LogP contribution in [-0.4, -0.2) is 34.4 Å². The quantitative estimate of drug-likeness (QED) is 0.564. The summed E-state index contributed by atoms with van der Waals surface area (Å²) in [5.74, 6) is 1.30. The van der Waals surface area contributed by atoms with Crippen LogP contribution in [0.25, 0.3) is 11.1 Å². The van der Waals surface area contributed by atoms with Crippen LogP contribution in [0.1, 0.15) is 15.9 Å². The molecule has 132 valence electrons. The highest BCUT2D eigenvalue weighted by molar-refractivity contribution is 5.90. The van der Waals surface area contributed by atoms with Crippen LogP contribution < -0.4 is 14.2 Å². The SMILES string of the molecule is C=CCc1cc(C(=O)OC)ccc1-c1cc(OC)c(OC)c(OC)c1. The molecule has 0 saturated heterocycles. The van der Waals surface area contributed by atoms with E-state index in [-0.39, 0.29) is 5.97 Å². The summed E-state index contributed by atoms with van der Waals surface area (Å²) in [6, 6.07) is 9.18. The molecule has 2 aromatic rings. The lowest BCUT2D eigenvalue weighted by atomic mass is 9.95. The van der Waals surface area contributed by atoms with Gasteiger partial charge in [0.15, 0.2) is 11.5 Å². The Morgan fingerprint density at radius 2 is 1.64 bits per heavy atom. The number of allylic oxidation sites excluding steroid dienone is 1. The van der Waals surface area contributed by atoms with Crippen LogP contribution in [-0.2, 0) is 11.2 Å². The molecule has 0 heterocycles. The van der Waals surface area contributed by atoms with Gasteiger partial charge in [0.05, 0.1) is 34.0 Å². The number of rotatable bonds is 7. The minimum Gasteiger partial charge on any atom is -0.493 e. The molecule has 0 fully saturated rings. The van der Waals surface area contributed by atoms with E-state index >= 15 is 0 Å². The molecular formula is C20H22O5. The zero-order valence-electron chi connectivity index (χ0n) is 14.9. The molecule has 0 aliphatic rings. The van der Waals surface area contributed by atoms with Crippen LogP contribution in [0.15, 0.2) is 43.0 Å². The zero-order chi connectivity index (χ0) is 18.4. The summed E-state index contributed by atoms with van der Waals surface area (Å²) in [4.78, 5) is 11.8. The molecular weight excluding hydrogens is 320 g/mol. The largest absolute Gasteiger partial charge is 0.493 e. The molecule has 5 heteroatoms. The summed E-state index contributed by atoms with van der Waals surface area (Å²) < 4.78 is 21.0. The minimum atomic E-state index is -0.373. The Morgan fingerprint density at radius 3 is 2.12 bits per heavy atom. The van der Waals surface area contributed by atoms with Crippen molar-refractivity contribution in [2.24, 2.45) is 0 Å². The zero-order valence-corrected chi connectivity index (χ0v) is 14.9. The van der Waals surface area contributed by atoms with E-state index in [2.05, 4.69) is 6.58 Å². The molecule has 0 saturated carbocycles. The first-order chi connectivity index (χ1) is 12.1. The Bertz CT molecular complexity index is 755. The van der Waals surface area contributed by atoms with E-state index in [1.54, 1.807) is 33.5 Å². The van der Waals surface area contributed by atoms with Gasteiger partial charge < -0.3 is 18.9 Å². The van der Waals surface area contributed by atoms with E-state index in [0.717, 1.165) is 16.7 Å². The first-order valence-electron chi connectivity index (χ1n) is 7.72. The van der Waals surface area contributed by atoms with Gasteiger partial charge in [-0.1, -0.05) is 12.1 Å². The molecule has 0 bridgehead atoms. The van der Waals surface area contributed by atoms with Gasteiger partial charge in [-0.25, -0.2) is 4.79 Å². The summed E-state index contributed by atoms with van der Waals surface area (Å²) in [6.07, 6.45) is 2.40. The van der Waals surface area contributed by atoms with Gasteiger partial charge in [0.2, 0.25) is 5.75 Å². The summed E-state index contributed by atoms with van der Waals surface area (Å²) >= 11 is 0. The lowest BCUT2D eigenvalue weighted by molar-refractivity contribution is 0.0600. The van der Waals surface area contributed by atoms with Gasteiger partial charge in [-0.05, 0) is 47.4 Å². The maximum Gasteiger partial charge on any atom is 0.337 e. The van der Waals surface area contributed by atoms with E-state index in [1.165, 1.54) is 7.11 Å². The molecule has 0 unspecified atom stereocenters. The minimum absolute atomic E-state index is 0.373. The Kier molecular flexibility index (Phi) is 6.06. The van der Waals surface area contributed by atoms with Gasteiger partial charge in [-0.15, -0.1) is 6.58 Å². The molecule has 0 radical (unpaired) electrons. The number of esters is 1. The normalized spacial score (nSPS) is 10.1. The van der Waals surface area contributed by atoms with E-state index in [9.17, 15) is 4.79 Å². The smallest absolute Gasteiger partial charge is 0.337 e. The van der Waals surface area contributed by atoms with E-state index in [1.807, 2.05) is 24.3 Å². The summed E-state index contributed by atoms with van der Waals surface area (Å²) in [5.41, 5.74) is 3.29. The van der Waals surface area contributed by atoms with Gasteiger partial charge in [0, 0.05) is 0 Å². The van der Waals surface area contributed by atoms with Crippen LogP contribution in [0.4, 0.5) is 0 Å². The van der Waals surface area contributed by atoms with Crippen molar-refractivity contribution in [1.29, 1.82) is 0 Å². The number of methoxy groups -OCH3 is 4. The topological polar surface area (TPSA) is 54.0 Å². The summed E-state index contributed by atoms with van der Waals surface area (Å²) in [6.45, 7) is 3.79. The van der Waals surface area contributed by atoms with Crippen LogP contribution in [0, 0.1) is 0 Å². The fourth-order valence-corrected chi connectivity index (χ4v) is 2.68. The van der Waals surface area contributed by atoms with Gasteiger partial charge in [-0.3, -0.25) is 0 Å². The van der Waals surface area contributed by atoms with Gasteiger partial charge in [0.1, 0.15) is 0 Å². The van der Waals surface area contributed by atoms with Gasteiger partial charge >= 0.3 is 5.97 Å². The second-order valence-corrected chi connectivity index (χ2v) is 5.27. The third kappa shape index (κ3) is 3.76. The summed E-state index contributed by atoms with van der Waals surface area (Å²) in [5, 5.41) is 0. The molecule has 0 N–H and O–H groups in total. The highest BCUT2D eigenvalue weighted by Crippen LogP contribution is 2.42. The number of hydrogen-bond acceptors (Lipinski definition) is 5. The maximum absolute atomic E-state index is 11.8. The van der Waals surface area contributed by atoms with Crippen molar-refractivity contribution in [1.82, 2.24) is 0 Å². The van der Waals surface area contributed by atoms with Crippen molar-refractivity contribution < 1.29 is 23.7 Å². The van der Waals surface area contributed by atoms with Crippen molar-refractivity contribution in [3.63, 3.8) is 0 Å². The van der Waals surface area contributed by atoms with Crippen molar-refractivity contribution in [3.05, 3.63) is 54.1 Å². The molecule has 0 aromatic heterocycles. The molecule has 25 heavy (non-hydrogen) atoms. The molecule has 2 rings (SSSR count). The molecule has 5 nitrogen and oxygen atoms in total. The Balaban J connectivity index is 2.64. The van der Waals surface area contributed by atoms with Crippen molar-refractivity contribution in [3.8, 4) is 28.4 Å². The predicted octanol–water partition coefficient (Wildman–Crippen LogP) is 3.89. The first kappa shape index (κ1) is 18.4. The van der Waals surface area contributed by atoms with E-state index < -0.39 is 0 Å². The standard InChI is InChI=1S/C20H22O5/c1-6-7-13-10-14(20(21)25-5)8-9-16(13)15-11-17(22-2)19(24-4)18(12-15)23-3/h6,8-12H,1,7H2,2-5H3. The molecule has 0 aliphatic carbocycles. The highest BCUT2D eigenvalue weighted by Gasteiger charge is 2.17. The van der Waals surface area contributed by atoms with Crippen LogP contribution in [0.2, 0.25) is 0 Å². The van der Waals surface area contributed by atoms with Crippen LogP contribution in [0.3, 0.4) is 0 Å². The summed E-state index contributed by atoms with van der Waals surface area (Å²) in [7, 11) is 6.08. The highest BCUT2D eigenvalue weighted by atomic mass is 16.5. The molecule has 0 aliphatic heterocycles. The molecule has 2 aromatic carbocycles. The molecule has 0 spiro atoms. The van der Waals surface area contributed by atoms with Crippen molar-refractivity contribution >= 4 is 5.97 Å². The third-order valence-electron chi connectivity index (χ3n) is 3.87. The Morgan fingerprint density at radius 1 is 1.00 bits per heavy atom. The van der Waals surface area contributed by atoms with Gasteiger partial charge in [0.25, 0.3) is 0 Å². The van der Waals surface area contributed by atoms with Crippen LogP contribution in [0.5, 0.6) is 17.2 Å². The van der Waals surface area contributed by atoms with Crippen molar-refractivity contribution in [2.75, 3.05) is 28.4 Å². The fourth-order valence-electron chi connectivity index (χ4n) is 2.68. The lowest BCUT2D eigenvalue weighted by Gasteiger charge is -2.16. The van der Waals surface area contributed by atoms with Crippen LogP contribution >= 0.6 is 0 Å². The number of carbonyl (C=O) groups is 1. The molecule has 0 atom stereocenters. The number of carbonyl (C=O) groups excluding carboxylic acids is 1. The van der Waals surface area contributed by atoms with Crippen molar-refractivity contribution in [2.45, 2.75) is 6.42 Å². The monoisotopic (exact) mass is 342 g/mol. The third-order valence-corrected chi connectivity index (χ3v) is 3.87. The average molecular weight is 342 g/mol. The number of hydrogen-bond donors (Lipinski definition) is 0. The van der Waals surface area contributed by atoms with E-state index in [4.69, 9.17) is 18.9 Å². The number of benzene rings is 2. The fraction of sp³-hybridized carbons (Fsp3) is 0.250. The lowest BCUT2D eigenvalue weighted by Crippen LogP contribution is -2.03. The second-order valence-electron chi connectivity index (χ2n) is 5.27. The molecule has 0 amide bonds. The predicted molar refractivity (Wildman–Crippen MR) is 96.8 cm³/mol. The number of ether oxygens (including phenoxy) is 4. The average Bonchev–Trinajstić information content (AvgIpc) is 2.66. The Labute approximate surface area is 147 Å². The first-order valence-corrected chi connectivity index (χ1v) is 7.72. The van der Waals surface area contributed by atoms with Gasteiger partial charge in [-0.2, -0.15) is 0 Å².